The first-order valence-corrected chi connectivity index (χ1v) is 8.07. The fourth-order valence-electron chi connectivity index (χ4n) is 2.76. The summed E-state index contributed by atoms with van der Waals surface area (Å²) >= 11 is 3.29. The van der Waals surface area contributed by atoms with Gasteiger partial charge in [-0.15, -0.1) is 0 Å². The molecule has 1 amide bonds. The first kappa shape index (κ1) is 15.6. The maximum absolute atomic E-state index is 13.6. The lowest BCUT2D eigenvalue weighted by Crippen LogP contribution is -2.46. The third-order valence-corrected chi connectivity index (χ3v) is 4.51. The Bertz CT molecular complexity index is 589. The van der Waals surface area contributed by atoms with E-state index < -0.39 is 5.79 Å². The number of rotatable bonds is 2. The highest BCUT2D eigenvalue weighted by atomic mass is 79.9. The second kappa shape index (κ2) is 6.48. The van der Waals surface area contributed by atoms with Gasteiger partial charge in [0.2, 0.25) is 5.91 Å². The van der Waals surface area contributed by atoms with Crippen LogP contribution in [0.4, 0.5) is 4.39 Å². The summed E-state index contributed by atoms with van der Waals surface area (Å²) in [6.45, 7) is 2.42. The van der Waals surface area contributed by atoms with Crippen LogP contribution in [0.25, 0.3) is 6.08 Å². The predicted molar refractivity (Wildman–Crippen MR) is 83.6 cm³/mol. The van der Waals surface area contributed by atoms with Gasteiger partial charge in [0.15, 0.2) is 5.79 Å². The third kappa shape index (κ3) is 3.39. The van der Waals surface area contributed by atoms with Crippen LogP contribution in [-0.4, -0.2) is 42.9 Å². The highest BCUT2D eigenvalue weighted by molar-refractivity contribution is 9.10. The molecule has 3 rings (SSSR count). The monoisotopic (exact) mass is 369 g/mol. The number of carbonyl (C=O) groups is 1. The highest BCUT2D eigenvalue weighted by Gasteiger charge is 2.40. The molecule has 0 saturated carbocycles. The molecule has 2 aliphatic rings. The molecule has 0 bridgehead atoms. The Morgan fingerprint density at radius 3 is 2.64 bits per heavy atom. The molecular weight excluding hydrogens is 353 g/mol. The van der Waals surface area contributed by atoms with Crippen LogP contribution in [0.3, 0.4) is 0 Å². The number of halogens is 2. The topological polar surface area (TPSA) is 38.8 Å². The van der Waals surface area contributed by atoms with E-state index in [-0.39, 0.29) is 11.7 Å². The van der Waals surface area contributed by atoms with E-state index in [4.69, 9.17) is 9.47 Å². The SMILES string of the molecule is O=C(/C=C/c1cc(Br)ccc1F)N1CCC2(CC1)OCCO2. The number of hydrogen-bond acceptors (Lipinski definition) is 3. The van der Waals surface area contributed by atoms with Gasteiger partial charge in [0.1, 0.15) is 5.82 Å². The lowest BCUT2D eigenvalue weighted by molar-refractivity contribution is -0.186. The number of benzene rings is 1. The van der Waals surface area contributed by atoms with Crippen molar-refractivity contribution in [3.63, 3.8) is 0 Å². The Labute approximate surface area is 137 Å². The van der Waals surface area contributed by atoms with Gasteiger partial charge >= 0.3 is 0 Å². The van der Waals surface area contributed by atoms with E-state index in [0.29, 0.717) is 44.7 Å². The van der Waals surface area contributed by atoms with Crippen LogP contribution in [0.1, 0.15) is 18.4 Å². The van der Waals surface area contributed by atoms with Crippen molar-refractivity contribution in [2.24, 2.45) is 0 Å². The number of ether oxygens (including phenoxy) is 2. The van der Waals surface area contributed by atoms with Crippen molar-refractivity contribution in [3.05, 3.63) is 40.1 Å². The number of nitrogens with zero attached hydrogens (tertiary/aromatic N) is 1. The number of carbonyl (C=O) groups excluding carboxylic acids is 1. The summed E-state index contributed by atoms with van der Waals surface area (Å²) in [4.78, 5) is 13.9. The summed E-state index contributed by atoms with van der Waals surface area (Å²) in [6.07, 6.45) is 4.28. The molecule has 1 aromatic rings. The molecule has 2 saturated heterocycles. The maximum Gasteiger partial charge on any atom is 0.246 e. The van der Waals surface area contributed by atoms with Crippen molar-refractivity contribution in [1.82, 2.24) is 4.90 Å². The average Bonchev–Trinajstić information content (AvgIpc) is 2.97. The summed E-state index contributed by atoms with van der Waals surface area (Å²) in [7, 11) is 0. The Kier molecular flexibility index (Phi) is 4.61. The first-order valence-electron chi connectivity index (χ1n) is 7.28. The van der Waals surface area contributed by atoms with Crippen molar-refractivity contribution in [1.29, 1.82) is 0 Å². The molecule has 22 heavy (non-hydrogen) atoms. The minimum atomic E-state index is -0.489. The molecule has 2 fully saturated rings. The zero-order valence-corrected chi connectivity index (χ0v) is 13.6. The van der Waals surface area contributed by atoms with Crippen LogP contribution in [-0.2, 0) is 14.3 Å². The number of piperidine rings is 1. The minimum Gasteiger partial charge on any atom is -0.347 e. The molecule has 1 spiro atoms. The van der Waals surface area contributed by atoms with Gasteiger partial charge in [0.05, 0.1) is 13.2 Å². The summed E-state index contributed by atoms with van der Waals surface area (Å²) in [5.41, 5.74) is 0.388. The van der Waals surface area contributed by atoms with E-state index in [0.717, 1.165) is 4.47 Å². The Balaban J connectivity index is 1.60. The minimum absolute atomic E-state index is 0.118. The molecule has 0 unspecified atom stereocenters. The van der Waals surface area contributed by atoms with Gasteiger partial charge in [-0.2, -0.15) is 0 Å². The van der Waals surface area contributed by atoms with Crippen LogP contribution in [0, 0.1) is 5.82 Å². The summed E-state index contributed by atoms with van der Waals surface area (Å²) < 4.78 is 25.7. The molecule has 4 nitrogen and oxygen atoms in total. The maximum atomic E-state index is 13.6. The smallest absolute Gasteiger partial charge is 0.246 e. The van der Waals surface area contributed by atoms with E-state index in [1.807, 2.05) is 0 Å². The molecule has 6 heteroatoms. The van der Waals surface area contributed by atoms with Gasteiger partial charge in [0.25, 0.3) is 0 Å². The number of likely N-dealkylation sites (tertiary alicyclic amines) is 1. The molecule has 118 valence electrons. The lowest BCUT2D eigenvalue weighted by Gasteiger charge is -2.37. The fraction of sp³-hybridized carbons (Fsp3) is 0.438. The fourth-order valence-corrected chi connectivity index (χ4v) is 3.14. The van der Waals surface area contributed by atoms with Crippen molar-refractivity contribution in [2.75, 3.05) is 26.3 Å². The molecule has 1 aromatic carbocycles. The van der Waals surface area contributed by atoms with Crippen LogP contribution >= 0.6 is 15.9 Å². The Morgan fingerprint density at radius 1 is 1.27 bits per heavy atom. The molecular formula is C16H17BrFNO3. The summed E-state index contributed by atoms with van der Waals surface area (Å²) in [6, 6.07) is 4.64. The van der Waals surface area contributed by atoms with E-state index in [1.165, 1.54) is 18.2 Å². The molecule has 0 aliphatic carbocycles. The zero-order chi connectivity index (χ0) is 15.6. The normalized spacial score (nSPS) is 20.9. The largest absolute Gasteiger partial charge is 0.347 e. The van der Waals surface area contributed by atoms with Crippen molar-refractivity contribution in [2.45, 2.75) is 18.6 Å². The average molecular weight is 370 g/mol. The van der Waals surface area contributed by atoms with E-state index in [2.05, 4.69) is 15.9 Å². The van der Waals surface area contributed by atoms with Crippen molar-refractivity contribution in [3.8, 4) is 0 Å². The quantitative estimate of drug-likeness (QED) is 0.752. The van der Waals surface area contributed by atoms with Crippen LogP contribution in [0.5, 0.6) is 0 Å². The Morgan fingerprint density at radius 2 is 1.95 bits per heavy atom. The second-order valence-electron chi connectivity index (χ2n) is 5.43. The van der Waals surface area contributed by atoms with E-state index in [9.17, 15) is 9.18 Å². The molecule has 0 N–H and O–H groups in total. The van der Waals surface area contributed by atoms with Gasteiger partial charge in [-0.3, -0.25) is 4.79 Å². The third-order valence-electron chi connectivity index (χ3n) is 4.01. The van der Waals surface area contributed by atoms with Gasteiger partial charge in [-0.05, 0) is 24.3 Å². The van der Waals surface area contributed by atoms with Crippen LogP contribution in [0.15, 0.2) is 28.7 Å². The van der Waals surface area contributed by atoms with Crippen LogP contribution < -0.4 is 0 Å². The molecule has 0 radical (unpaired) electrons. The molecule has 0 aromatic heterocycles. The van der Waals surface area contributed by atoms with E-state index in [1.54, 1.807) is 17.0 Å². The van der Waals surface area contributed by atoms with Crippen LogP contribution in [0.2, 0.25) is 0 Å². The number of hydrogen-bond donors (Lipinski definition) is 0. The number of amides is 1. The highest BCUT2D eigenvalue weighted by Crippen LogP contribution is 2.31. The Hall–Kier alpha value is -1.24. The lowest BCUT2D eigenvalue weighted by atomic mass is 10.0. The molecule has 2 heterocycles. The molecule has 2 aliphatic heterocycles. The van der Waals surface area contributed by atoms with Crippen molar-refractivity contribution >= 4 is 27.9 Å². The zero-order valence-electron chi connectivity index (χ0n) is 12.1. The standard InChI is InChI=1S/C16H17BrFNO3/c17-13-2-3-14(18)12(11-13)1-4-15(20)19-7-5-16(6-8-19)21-9-10-22-16/h1-4,11H,5-10H2/b4-1+. The van der Waals surface area contributed by atoms with Gasteiger partial charge in [0, 0.05) is 42.0 Å². The van der Waals surface area contributed by atoms with Gasteiger partial charge < -0.3 is 14.4 Å². The van der Waals surface area contributed by atoms with Gasteiger partial charge in [-0.25, -0.2) is 4.39 Å². The van der Waals surface area contributed by atoms with Crippen molar-refractivity contribution < 1.29 is 18.7 Å². The summed E-state index contributed by atoms with van der Waals surface area (Å²) in [5, 5.41) is 0. The van der Waals surface area contributed by atoms with Gasteiger partial charge in [-0.1, -0.05) is 15.9 Å². The second-order valence-corrected chi connectivity index (χ2v) is 6.35. The predicted octanol–water partition coefficient (Wildman–Crippen LogP) is 2.97. The van der Waals surface area contributed by atoms with E-state index >= 15 is 0 Å². The summed E-state index contributed by atoms with van der Waals surface area (Å²) in [5.74, 6) is -0.957. The molecule has 0 atom stereocenters. The first-order chi connectivity index (χ1) is 10.6.